The molecule has 3 heterocycles. The van der Waals surface area contributed by atoms with Crippen LogP contribution in [0.15, 0.2) is 52.9 Å². The maximum absolute atomic E-state index is 12.6. The van der Waals surface area contributed by atoms with E-state index in [2.05, 4.69) is 20.0 Å². The fraction of sp³-hybridized carbons (Fsp3) is 0.211. The molecule has 2 aromatic heterocycles. The lowest BCUT2D eigenvalue weighted by molar-refractivity contribution is -0.116. The van der Waals surface area contributed by atoms with Gasteiger partial charge in [-0.2, -0.15) is 0 Å². The van der Waals surface area contributed by atoms with Crippen LogP contribution >= 0.6 is 11.3 Å². The molecular formula is C19H18N4O3S2. The Morgan fingerprint density at radius 1 is 1.25 bits per heavy atom. The average molecular weight is 415 g/mol. The summed E-state index contributed by atoms with van der Waals surface area (Å²) < 4.78 is 27.8. The number of benzene rings is 1. The number of pyridine rings is 1. The molecule has 1 atom stereocenters. The van der Waals surface area contributed by atoms with E-state index in [0.29, 0.717) is 17.7 Å². The molecule has 1 aromatic carbocycles. The lowest BCUT2D eigenvalue weighted by atomic mass is 10.0. The lowest BCUT2D eigenvalue weighted by Gasteiger charge is -2.08. The number of aromatic nitrogens is 2. The molecule has 1 aliphatic heterocycles. The number of anilines is 1. The van der Waals surface area contributed by atoms with E-state index in [9.17, 15) is 13.2 Å². The summed E-state index contributed by atoms with van der Waals surface area (Å²) in [5.74, 6) is -0.477. The molecule has 0 radical (unpaired) electrons. The van der Waals surface area contributed by atoms with Gasteiger partial charge in [0.2, 0.25) is 15.9 Å². The molecule has 0 fully saturated rings. The maximum atomic E-state index is 12.6. The third kappa shape index (κ3) is 3.68. The Morgan fingerprint density at radius 2 is 2.11 bits per heavy atom. The molecule has 3 aromatic rings. The first-order valence-electron chi connectivity index (χ1n) is 8.74. The number of sulfonamides is 1. The van der Waals surface area contributed by atoms with Gasteiger partial charge < -0.3 is 5.32 Å². The number of hydrogen-bond acceptors (Lipinski definition) is 6. The van der Waals surface area contributed by atoms with Crippen LogP contribution in [0.5, 0.6) is 0 Å². The van der Waals surface area contributed by atoms with Gasteiger partial charge in [0.15, 0.2) is 0 Å². The van der Waals surface area contributed by atoms with E-state index in [1.807, 2.05) is 23.6 Å². The third-order valence-electron chi connectivity index (χ3n) is 4.56. The first-order valence-corrected chi connectivity index (χ1v) is 11.1. The van der Waals surface area contributed by atoms with E-state index in [-0.39, 0.29) is 23.3 Å². The van der Waals surface area contributed by atoms with Crippen LogP contribution in [0.25, 0.3) is 10.7 Å². The molecule has 0 bridgehead atoms. The SMILES string of the molecule is C[C@H]1C(=O)Nc2ccc(S(=O)(=O)NCCc3csc(-c4ccccn4)n3)cc21. The number of carbonyl (C=O) groups excluding carboxylic acids is 1. The molecule has 7 nitrogen and oxygen atoms in total. The van der Waals surface area contributed by atoms with Gasteiger partial charge in [0.25, 0.3) is 0 Å². The number of hydrogen-bond donors (Lipinski definition) is 2. The number of nitrogens with one attached hydrogen (secondary N) is 2. The van der Waals surface area contributed by atoms with Gasteiger partial charge in [-0.25, -0.2) is 18.1 Å². The summed E-state index contributed by atoms with van der Waals surface area (Å²) in [6, 6.07) is 10.3. The van der Waals surface area contributed by atoms with Gasteiger partial charge in [-0.15, -0.1) is 11.3 Å². The Morgan fingerprint density at radius 3 is 2.89 bits per heavy atom. The lowest BCUT2D eigenvalue weighted by Crippen LogP contribution is -2.26. The largest absolute Gasteiger partial charge is 0.325 e. The standard InChI is InChI=1S/C19H18N4O3S2/c1-12-15-10-14(5-6-16(15)23-18(12)24)28(25,26)21-9-7-13-11-27-19(22-13)17-4-2-3-8-20-17/h2-6,8,10-12,21H,7,9H2,1H3,(H,23,24)/t12-/m1/s1. The highest BCUT2D eigenvalue weighted by atomic mass is 32.2. The van der Waals surface area contributed by atoms with Crippen LogP contribution in [-0.4, -0.2) is 30.8 Å². The molecule has 1 amide bonds. The fourth-order valence-electron chi connectivity index (χ4n) is 2.99. The van der Waals surface area contributed by atoms with Gasteiger partial charge in [0, 0.05) is 30.2 Å². The van der Waals surface area contributed by atoms with Crippen LogP contribution in [0, 0.1) is 0 Å². The van der Waals surface area contributed by atoms with Gasteiger partial charge in [0.05, 0.1) is 22.2 Å². The topological polar surface area (TPSA) is 101 Å². The number of thiazole rings is 1. The van der Waals surface area contributed by atoms with Crippen molar-refractivity contribution in [1.82, 2.24) is 14.7 Å². The zero-order valence-corrected chi connectivity index (χ0v) is 16.7. The summed E-state index contributed by atoms with van der Waals surface area (Å²) >= 11 is 1.48. The number of nitrogens with zero attached hydrogens (tertiary/aromatic N) is 2. The Kier molecular flexibility index (Phi) is 4.96. The average Bonchev–Trinajstić information content (AvgIpc) is 3.27. The molecule has 0 saturated carbocycles. The second-order valence-corrected chi connectivity index (χ2v) is 9.09. The van der Waals surface area contributed by atoms with Crippen molar-refractivity contribution in [3.63, 3.8) is 0 Å². The fourth-order valence-corrected chi connectivity index (χ4v) is 4.88. The highest BCUT2D eigenvalue weighted by molar-refractivity contribution is 7.89. The van der Waals surface area contributed by atoms with Crippen LogP contribution < -0.4 is 10.0 Å². The minimum Gasteiger partial charge on any atom is -0.325 e. The van der Waals surface area contributed by atoms with Crippen LogP contribution in [-0.2, 0) is 21.2 Å². The molecule has 0 unspecified atom stereocenters. The third-order valence-corrected chi connectivity index (χ3v) is 6.93. The van der Waals surface area contributed by atoms with Crippen molar-refractivity contribution in [3.05, 3.63) is 59.2 Å². The summed E-state index contributed by atoms with van der Waals surface area (Å²) in [5.41, 5.74) is 2.98. The van der Waals surface area contributed by atoms with E-state index < -0.39 is 10.0 Å². The molecule has 2 N–H and O–H groups in total. The normalized spacial score (nSPS) is 16.0. The minimum atomic E-state index is -3.66. The second kappa shape index (κ2) is 7.42. The van der Waals surface area contributed by atoms with Crippen molar-refractivity contribution in [2.24, 2.45) is 0 Å². The van der Waals surface area contributed by atoms with Crippen molar-refractivity contribution in [2.45, 2.75) is 24.2 Å². The van der Waals surface area contributed by atoms with Gasteiger partial charge in [-0.1, -0.05) is 6.07 Å². The van der Waals surface area contributed by atoms with E-state index in [1.54, 1.807) is 25.3 Å². The summed E-state index contributed by atoms with van der Waals surface area (Å²) in [7, 11) is -3.66. The first kappa shape index (κ1) is 18.7. The summed E-state index contributed by atoms with van der Waals surface area (Å²) in [4.78, 5) is 20.7. The molecule has 0 aliphatic carbocycles. The van der Waals surface area contributed by atoms with E-state index >= 15 is 0 Å². The van der Waals surface area contributed by atoms with Crippen LogP contribution in [0.4, 0.5) is 5.69 Å². The van der Waals surface area contributed by atoms with E-state index in [4.69, 9.17) is 0 Å². The van der Waals surface area contributed by atoms with Crippen molar-refractivity contribution in [2.75, 3.05) is 11.9 Å². The molecule has 9 heteroatoms. The molecule has 4 rings (SSSR count). The molecule has 28 heavy (non-hydrogen) atoms. The first-order chi connectivity index (χ1) is 13.4. The number of rotatable bonds is 6. The number of amides is 1. The predicted octanol–water partition coefficient (Wildman–Crippen LogP) is 2.78. The molecular weight excluding hydrogens is 396 g/mol. The summed E-state index contributed by atoms with van der Waals surface area (Å²) in [6.07, 6.45) is 2.19. The Bertz CT molecular complexity index is 1130. The number of carbonyl (C=O) groups is 1. The molecule has 0 spiro atoms. The maximum Gasteiger partial charge on any atom is 0.240 e. The van der Waals surface area contributed by atoms with E-state index in [1.165, 1.54) is 17.4 Å². The Hall–Kier alpha value is -2.62. The highest BCUT2D eigenvalue weighted by Crippen LogP contribution is 2.33. The Labute approximate surface area is 166 Å². The van der Waals surface area contributed by atoms with Crippen molar-refractivity contribution in [3.8, 4) is 10.7 Å². The van der Waals surface area contributed by atoms with Gasteiger partial charge in [-0.3, -0.25) is 9.78 Å². The highest BCUT2D eigenvalue weighted by Gasteiger charge is 2.28. The zero-order valence-electron chi connectivity index (χ0n) is 15.0. The van der Waals surface area contributed by atoms with Crippen LogP contribution in [0.3, 0.4) is 0 Å². The quantitative estimate of drug-likeness (QED) is 0.646. The smallest absolute Gasteiger partial charge is 0.240 e. The summed E-state index contributed by atoms with van der Waals surface area (Å²) in [6.45, 7) is 1.99. The number of fused-ring (bicyclic) bond motifs is 1. The van der Waals surface area contributed by atoms with Crippen molar-refractivity contribution >= 4 is 33.0 Å². The minimum absolute atomic E-state index is 0.121. The van der Waals surface area contributed by atoms with Crippen LogP contribution in [0.2, 0.25) is 0 Å². The van der Waals surface area contributed by atoms with Crippen LogP contribution in [0.1, 0.15) is 24.1 Å². The Balaban J connectivity index is 1.41. The summed E-state index contributed by atoms with van der Waals surface area (Å²) in [5, 5.41) is 5.46. The predicted molar refractivity (Wildman–Crippen MR) is 108 cm³/mol. The monoisotopic (exact) mass is 414 g/mol. The van der Waals surface area contributed by atoms with Crippen molar-refractivity contribution in [1.29, 1.82) is 0 Å². The zero-order chi connectivity index (χ0) is 19.7. The molecule has 144 valence electrons. The van der Waals surface area contributed by atoms with E-state index in [0.717, 1.165) is 16.4 Å². The molecule has 1 aliphatic rings. The second-order valence-electron chi connectivity index (χ2n) is 6.47. The van der Waals surface area contributed by atoms with Crippen molar-refractivity contribution < 1.29 is 13.2 Å². The molecule has 0 saturated heterocycles. The van der Waals surface area contributed by atoms with Gasteiger partial charge in [0.1, 0.15) is 5.01 Å². The van der Waals surface area contributed by atoms with Gasteiger partial charge in [-0.05, 0) is 42.8 Å². The van der Waals surface area contributed by atoms with Gasteiger partial charge >= 0.3 is 0 Å².